The van der Waals surface area contributed by atoms with E-state index in [2.05, 4.69) is 32.3 Å². The zero-order chi connectivity index (χ0) is 18.3. The topological polar surface area (TPSA) is 61.3 Å². The highest BCUT2D eigenvalue weighted by Gasteiger charge is 2.23. The Hall–Kier alpha value is -2.18. The number of hydrogen-bond acceptors (Lipinski definition) is 6. The molecular weight excluding hydrogens is 344 g/mol. The van der Waals surface area contributed by atoms with Crippen LogP contribution in [-0.4, -0.2) is 35.8 Å². The van der Waals surface area contributed by atoms with Crippen molar-refractivity contribution in [3.8, 4) is 0 Å². The second kappa shape index (κ2) is 6.85. The number of nitrogens with zero attached hydrogens (tertiary/aromatic N) is 3. The molecule has 6 heteroatoms. The number of nitrogens with one attached hydrogen (secondary N) is 1. The third-order valence-electron chi connectivity index (χ3n) is 4.96. The fourth-order valence-corrected chi connectivity index (χ4v) is 4.93. The van der Waals surface area contributed by atoms with Gasteiger partial charge in [0.15, 0.2) is 0 Å². The van der Waals surface area contributed by atoms with E-state index in [1.807, 2.05) is 33.2 Å². The highest BCUT2D eigenvalue weighted by Crippen LogP contribution is 2.40. The van der Waals surface area contributed by atoms with Gasteiger partial charge in [0.2, 0.25) is 0 Å². The molecular formula is C20H24N4OS. The summed E-state index contributed by atoms with van der Waals surface area (Å²) in [5, 5.41) is 14.7. The number of aromatic nitrogens is 2. The summed E-state index contributed by atoms with van der Waals surface area (Å²) in [6.07, 6.45) is 3.44. The summed E-state index contributed by atoms with van der Waals surface area (Å²) in [5.74, 6) is 1.61. The van der Waals surface area contributed by atoms with Gasteiger partial charge in [0.1, 0.15) is 16.5 Å². The van der Waals surface area contributed by atoms with Crippen LogP contribution in [0.25, 0.3) is 10.2 Å². The third-order valence-corrected chi connectivity index (χ3v) is 6.14. The monoisotopic (exact) mass is 368 g/mol. The van der Waals surface area contributed by atoms with Crippen molar-refractivity contribution in [2.45, 2.75) is 32.2 Å². The van der Waals surface area contributed by atoms with Gasteiger partial charge in [0.25, 0.3) is 0 Å². The van der Waals surface area contributed by atoms with E-state index in [9.17, 15) is 5.11 Å². The lowest BCUT2D eigenvalue weighted by Gasteiger charge is -2.21. The number of aliphatic hydroxyl groups is 1. The molecule has 0 amide bonds. The third kappa shape index (κ3) is 3.04. The Kier molecular flexibility index (Phi) is 4.54. The Balaban J connectivity index is 1.74. The van der Waals surface area contributed by atoms with E-state index in [0.717, 1.165) is 46.0 Å². The van der Waals surface area contributed by atoms with Crippen LogP contribution in [0.15, 0.2) is 24.3 Å². The van der Waals surface area contributed by atoms with Crippen molar-refractivity contribution >= 4 is 33.1 Å². The molecule has 2 N–H and O–H groups in total. The summed E-state index contributed by atoms with van der Waals surface area (Å²) < 4.78 is 0. The smallest absolute Gasteiger partial charge is 0.139 e. The molecule has 0 aliphatic heterocycles. The van der Waals surface area contributed by atoms with Gasteiger partial charge in [-0.15, -0.1) is 11.3 Å². The normalized spacial score (nSPS) is 14.5. The minimum Gasteiger partial charge on any atom is -0.394 e. The highest BCUT2D eigenvalue weighted by atomic mass is 32.1. The molecule has 1 aliphatic carbocycles. The van der Waals surface area contributed by atoms with Crippen LogP contribution in [-0.2, 0) is 12.8 Å². The number of hydrogen-bond donors (Lipinski definition) is 2. The Morgan fingerprint density at radius 1 is 1.27 bits per heavy atom. The molecule has 136 valence electrons. The van der Waals surface area contributed by atoms with Gasteiger partial charge in [-0.25, -0.2) is 9.97 Å². The zero-order valence-corrected chi connectivity index (χ0v) is 16.2. The molecule has 3 aromatic rings. The molecule has 4 rings (SSSR count). The van der Waals surface area contributed by atoms with E-state index in [-0.39, 0.29) is 12.6 Å². The highest BCUT2D eigenvalue weighted by molar-refractivity contribution is 7.19. The molecule has 0 saturated carbocycles. The molecule has 5 nitrogen and oxygen atoms in total. The molecule has 0 bridgehead atoms. The van der Waals surface area contributed by atoms with Crippen LogP contribution in [0.4, 0.5) is 11.5 Å². The number of fused-ring (bicyclic) bond motifs is 3. The minimum absolute atomic E-state index is 0.00769. The summed E-state index contributed by atoms with van der Waals surface area (Å²) in [4.78, 5) is 13.9. The van der Waals surface area contributed by atoms with Crippen LogP contribution < -0.4 is 10.2 Å². The van der Waals surface area contributed by atoms with Crippen molar-refractivity contribution in [1.82, 2.24) is 9.97 Å². The lowest BCUT2D eigenvalue weighted by atomic mass is 10.1. The molecule has 2 aromatic heterocycles. The van der Waals surface area contributed by atoms with Gasteiger partial charge in [0.05, 0.1) is 18.0 Å². The van der Waals surface area contributed by atoms with Gasteiger partial charge in [0, 0.05) is 24.7 Å². The summed E-state index contributed by atoms with van der Waals surface area (Å²) in [7, 11) is 4.04. The summed E-state index contributed by atoms with van der Waals surface area (Å²) >= 11 is 1.79. The lowest BCUT2D eigenvalue weighted by molar-refractivity contribution is 0.276. The van der Waals surface area contributed by atoms with Crippen LogP contribution in [0.1, 0.15) is 34.3 Å². The van der Waals surface area contributed by atoms with E-state index < -0.39 is 0 Å². The van der Waals surface area contributed by atoms with Crippen LogP contribution in [0, 0.1) is 6.92 Å². The average molecular weight is 369 g/mol. The Morgan fingerprint density at radius 2 is 2.12 bits per heavy atom. The van der Waals surface area contributed by atoms with Crippen LogP contribution in [0.5, 0.6) is 0 Å². The van der Waals surface area contributed by atoms with E-state index in [1.54, 1.807) is 11.3 Å². The van der Waals surface area contributed by atoms with Crippen molar-refractivity contribution in [2.24, 2.45) is 0 Å². The molecule has 0 fully saturated rings. The van der Waals surface area contributed by atoms with Gasteiger partial charge in [-0.05, 0) is 49.4 Å². The summed E-state index contributed by atoms with van der Waals surface area (Å²) in [6.45, 7) is 1.93. The van der Waals surface area contributed by atoms with E-state index in [1.165, 1.54) is 16.9 Å². The predicted molar refractivity (Wildman–Crippen MR) is 108 cm³/mol. The van der Waals surface area contributed by atoms with Crippen LogP contribution in [0.2, 0.25) is 0 Å². The lowest BCUT2D eigenvalue weighted by Crippen LogP contribution is -2.17. The molecule has 1 atom stereocenters. The fourth-order valence-electron chi connectivity index (χ4n) is 3.63. The van der Waals surface area contributed by atoms with Crippen molar-refractivity contribution in [3.63, 3.8) is 0 Å². The molecule has 0 spiro atoms. The largest absolute Gasteiger partial charge is 0.394 e. The fraction of sp³-hybridized carbons (Fsp3) is 0.400. The van der Waals surface area contributed by atoms with Crippen molar-refractivity contribution < 1.29 is 5.11 Å². The molecule has 0 saturated heterocycles. The first-order valence-corrected chi connectivity index (χ1v) is 9.82. The van der Waals surface area contributed by atoms with Gasteiger partial charge >= 0.3 is 0 Å². The average Bonchev–Trinajstić information content (AvgIpc) is 3.20. The summed E-state index contributed by atoms with van der Waals surface area (Å²) in [5.41, 5.74) is 3.56. The maximum Gasteiger partial charge on any atom is 0.139 e. The Labute approximate surface area is 157 Å². The number of aliphatic hydroxyl groups excluding tert-OH is 1. The Morgan fingerprint density at radius 3 is 2.88 bits per heavy atom. The molecule has 1 aliphatic rings. The van der Waals surface area contributed by atoms with Gasteiger partial charge in [-0.3, -0.25) is 0 Å². The number of aryl methyl sites for hydroxylation is 3. The number of thiophene rings is 1. The molecule has 26 heavy (non-hydrogen) atoms. The predicted octanol–water partition coefficient (Wildman–Crippen LogP) is 3.70. The first-order chi connectivity index (χ1) is 12.6. The zero-order valence-electron chi connectivity index (χ0n) is 15.4. The van der Waals surface area contributed by atoms with Crippen LogP contribution >= 0.6 is 11.3 Å². The second-order valence-electron chi connectivity index (χ2n) is 7.03. The quantitative estimate of drug-likeness (QED) is 0.719. The van der Waals surface area contributed by atoms with E-state index in [4.69, 9.17) is 0 Å². The molecule has 0 radical (unpaired) electrons. The van der Waals surface area contributed by atoms with Crippen molar-refractivity contribution in [3.05, 3.63) is 46.1 Å². The van der Waals surface area contributed by atoms with Gasteiger partial charge in [-0.1, -0.05) is 12.1 Å². The minimum atomic E-state index is -0.204. The SMILES string of the molecule is Cc1nc(N[C@@H](CO)c2cccc(N(C)C)c2)c2c3c(sc2n1)CCC3. The molecule has 1 aromatic carbocycles. The van der Waals surface area contributed by atoms with Gasteiger partial charge < -0.3 is 15.3 Å². The van der Waals surface area contributed by atoms with E-state index >= 15 is 0 Å². The molecule has 0 unspecified atom stereocenters. The van der Waals surface area contributed by atoms with Gasteiger partial charge in [-0.2, -0.15) is 0 Å². The number of anilines is 2. The molecule has 2 heterocycles. The summed E-state index contributed by atoms with van der Waals surface area (Å²) in [6, 6.07) is 8.04. The second-order valence-corrected chi connectivity index (χ2v) is 8.11. The van der Waals surface area contributed by atoms with E-state index in [0.29, 0.717) is 0 Å². The maximum absolute atomic E-state index is 10.0. The van der Waals surface area contributed by atoms with Crippen molar-refractivity contribution in [2.75, 3.05) is 30.9 Å². The first-order valence-electron chi connectivity index (χ1n) is 9.00. The Bertz CT molecular complexity index is 950. The maximum atomic E-state index is 10.0. The van der Waals surface area contributed by atoms with Crippen molar-refractivity contribution in [1.29, 1.82) is 0 Å². The first kappa shape index (κ1) is 17.2. The van der Waals surface area contributed by atoms with Crippen LogP contribution in [0.3, 0.4) is 0 Å². The number of rotatable bonds is 5. The number of benzene rings is 1. The standard InChI is InChI=1S/C20H24N4OS/c1-12-21-19(18-15-8-5-9-17(15)26-20(18)22-12)23-16(11-25)13-6-4-7-14(10-13)24(2)3/h4,6-7,10,16,25H,5,8-9,11H2,1-3H3,(H,21,22,23)/t16-/m0/s1.